The van der Waals surface area contributed by atoms with Crippen LogP contribution in [-0.4, -0.2) is 22.8 Å². The maximum Gasteiger partial charge on any atom is 0.127 e. The van der Waals surface area contributed by atoms with Crippen LogP contribution in [0.15, 0.2) is 18.2 Å². The minimum Gasteiger partial charge on any atom is -0.379 e. The van der Waals surface area contributed by atoms with Crippen molar-refractivity contribution in [3.8, 4) is 0 Å². The predicted molar refractivity (Wildman–Crippen MR) is 82.6 cm³/mol. The van der Waals surface area contributed by atoms with Crippen molar-refractivity contribution in [2.45, 2.75) is 31.7 Å². The molecule has 2 aromatic rings. The molecule has 5 heteroatoms. The Kier molecular flexibility index (Phi) is 4.20. The summed E-state index contributed by atoms with van der Waals surface area (Å²) in [5.41, 5.74) is 1.95. The van der Waals surface area contributed by atoms with Gasteiger partial charge in [-0.1, -0.05) is 11.6 Å². The SMILES string of the molecule is CC(Cl)c1nc2cc(Cl)ccc2n1CCOCC1CC1. The molecule has 1 aromatic heterocycles. The lowest BCUT2D eigenvalue weighted by Crippen LogP contribution is -2.11. The van der Waals surface area contributed by atoms with Crippen LogP contribution in [0.5, 0.6) is 0 Å². The molecule has 0 radical (unpaired) electrons. The Morgan fingerprint density at radius 3 is 2.95 bits per heavy atom. The van der Waals surface area contributed by atoms with Gasteiger partial charge in [-0.05, 0) is 43.9 Å². The molecule has 20 heavy (non-hydrogen) atoms. The van der Waals surface area contributed by atoms with Crippen molar-refractivity contribution in [2.24, 2.45) is 5.92 Å². The maximum absolute atomic E-state index is 6.24. The first kappa shape index (κ1) is 14.2. The van der Waals surface area contributed by atoms with Gasteiger partial charge in [-0.2, -0.15) is 0 Å². The van der Waals surface area contributed by atoms with Crippen molar-refractivity contribution in [1.82, 2.24) is 9.55 Å². The van der Waals surface area contributed by atoms with E-state index in [2.05, 4.69) is 9.55 Å². The highest BCUT2D eigenvalue weighted by atomic mass is 35.5. The zero-order valence-electron chi connectivity index (χ0n) is 11.5. The molecule has 0 saturated heterocycles. The molecule has 0 spiro atoms. The summed E-state index contributed by atoms with van der Waals surface area (Å²) in [4.78, 5) is 4.59. The Bertz CT molecular complexity index is 605. The average molecular weight is 313 g/mol. The molecule has 0 N–H and O–H groups in total. The standard InChI is InChI=1S/C15H18Cl2N2O/c1-10(16)15-18-13-8-12(17)4-5-14(13)19(15)6-7-20-9-11-2-3-11/h4-5,8,10-11H,2-3,6-7,9H2,1H3. The molecule has 1 unspecified atom stereocenters. The van der Waals surface area contributed by atoms with Gasteiger partial charge in [0.1, 0.15) is 5.82 Å². The largest absolute Gasteiger partial charge is 0.379 e. The third kappa shape index (κ3) is 3.11. The molecule has 0 amide bonds. The molecular formula is C15H18Cl2N2O. The Balaban J connectivity index is 1.80. The fourth-order valence-electron chi connectivity index (χ4n) is 2.35. The molecule has 3 nitrogen and oxygen atoms in total. The third-order valence-electron chi connectivity index (χ3n) is 3.61. The highest BCUT2D eigenvalue weighted by Gasteiger charge is 2.21. The van der Waals surface area contributed by atoms with Gasteiger partial charge in [-0.25, -0.2) is 4.98 Å². The van der Waals surface area contributed by atoms with Crippen LogP contribution in [0.4, 0.5) is 0 Å². The minimum atomic E-state index is -0.135. The van der Waals surface area contributed by atoms with Crippen LogP contribution in [0.25, 0.3) is 11.0 Å². The van der Waals surface area contributed by atoms with Gasteiger partial charge in [-0.3, -0.25) is 0 Å². The molecule has 1 aliphatic carbocycles. The summed E-state index contributed by atoms with van der Waals surface area (Å²) in [6.45, 7) is 4.29. The van der Waals surface area contributed by atoms with Crippen LogP contribution in [0.2, 0.25) is 5.02 Å². The summed E-state index contributed by atoms with van der Waals surface area (Å²) in [6.07, 6.45) is 2.63. The Morgan fingerprint density at radius 1 is 1.45 bits per heavy atom. The van der Waals surface area contributed by atoms with E-state index in [1.807, 2.05) is 25.1 Å². The van der Waals surface area contributed by atoms with Crippen molar-refractivity contribution in [2.75, 3.05) is 13.2 Å². The molecule has 0 bridgehead atoms. The molecule has 1 atom stereocenters. The summed E-state index contributed by atoms with van der Waals surface area (Å²) in [6, 6.07) is 5.76. The van der Waals surface area contributed by atoms with Crippen molar-refractivity contribution >= 4 is 34.2 Å². The molecule has 1 fully saturated rings. The first-order valence-electron chi connectivity index (χ1n) is 7.02. The molecule has 0 aliphatic heterocycles. The van der Waals surface area contributed by atoms with E-state index in [1.54, 1.807) is 0 Å². The topological polar surface area (TPSA) is 27.1 Å². The van der Waals surface area contributed by atoms with Gasteiger partial charge in [-0.15, -0.1) is 11.6 Å². The smallest absolute Gasteiger partial charge is 0.127 e. The fourth-order valence-corrected chi connectivity index (χ4v) is 2.68. The van der Waals surface area contributed by atoms with Gasteiger partial charge in [0.15, 0.2) is 0 Å². The number of imidazole rings is 1. The van der Waals surface area contributed by atoms with Crippen LogP contribution in [0.3, 0.4) is 0 Å². The third-order valence-corrected chi connectivity index (χ3v) is 4.04. The van der Waals surface area contributed by atoms with Gasteiger partial charge >= 0.3 is 0 Å². The van der Waals surface area contributed by atoms with Crippen LogP contribution in [0, 0.1) is 5.92 Å². The number of aromatic nitrogens is 2. The van der Waals surface area contributed by atoms with Crippen LogP contribution in [0.1, 0.15) is 31.0 Å². The predicted octanol–water partition coefficient (Wildman–Crippen LogP) is 4.42. The molecule has 1 aromatic carbocycles. The lowest BCUT2D eigenvalue weighted by molar-refractivity contribution is 0.117. The summed E-state index contributed by atoms with van der Waals surface area (Å²) in [5, 5.41) is 0.561. The zero-order valence-corrected chi connectivity index (χ0v) is 13.0. The van der Waals surface area contributed by atoms with Gasteiger partial charge in [0.2, 0.25) is 0 Å². The van der Waals surface area contributed by atoms with Crippen molar-refractivity contribution in [3.05, 3.63) is 29.0 Å². The molecule has 1 heterocycles. The van der Waals surface area contributed by atoms with E-state index in [-0.39, 0.29) is 5.38 Å². The van der Waals surface area contributed by atoms with Crippen molar-refractivity contribution in [1.29, 1.82) is 0 Å². The molecule has 1 aliphatic rings. The zero-order chi connectivity index (χ0) is 14.1. The summed E-state index contributed by atoms with van der Waals surface area (Å²) < 4.78 is 7.86. The first-order valence-corrected chi connectivity index (χ1v) is 7.84. The van der Waals surface area contributed by atoms with E-state index in [9.17, 15) is 0 Å². The molecule has 1 saturated carbocycles. The minimum absolute atomic E-state index is 0.135. The summed E-state index contributed by atoms with van der Waals surface area (Å²) in [5.74, 6) is 1.67. The number of fused-ring (bicyclic) bond motifs is 1. The Labute approximate surface area is 128 Å². The second-order valence-electron chi connectivity index (χ2n) is 5.39. The van der Waals surface area contributed by atoms with E-state index < -0.39 is 0 Å². The van der Waals surface area contributed by atoms with Crippen LogP contribution < -0.4 is 0 Å². The number of rotatable bonds is 6. The molecule has 108 valence electrons. The van der Waals surface area contributed by atoms with E-state index >= 15 is 0 Å². The number of benzene rings is 1. The van der Waals surface area contributed by atoms with Crippen molar-refractivity contribution in [3.63, 3.8) is 0 Å². The lowest BCUT2D eigenvalue weighted by Gasteiger charge is -2.11. The lowest BCUT2D eigenvalue weighted by atomic mass is 10.3. The molecule has 3 rings (SSSR count). The number of ether oxygens (including phenoxy) is 1. The van der Waals surface area contributed by atoms with E-state index in [1.165, 1.54) is 12.8 Å². The quantitative estimate of drug-likeness (QED) is 0.583. The summed E-state index contributed by atoms with van der Waals surface area (Å²) >= 11 is 12.3. The second kappa shape index (κ2) is 5.92. The van der Waals surface area contributed by atoms with Crippen LogP contribution in [-0.2, 0) is 11.3 Å². The molecular weight excluding hydrogens is 295 g/mol. The van der Waals surface area contributed by atoms with E-state index in [0.29, 0.717) is 11.6 Å². The van der Waals surface area contributed by atoms with Gasteiger partial charge in [0.05, 0.1) is 23.0 Å². The number of alkyl halides is 1. The number of nitrogens with zero attached hydrogens (tertiary/aromatic N) is 2. The van der Waals surface area contributed by atoms with E-state index in [4.69, 9.17) is 27.9 Å². The van der Waals surface area contributed by atoms with Gasteiger partial charge < -0.3 is 9.30 Å². The maximum atomic E-state index is 6.24. The van der Waals surface area contributed by atoms with Gasteiger partial charge in [0.25, 0.3) is 0 Å². The number of halogens is 2. The first-order chi connectivity index (χ1) is 9.65. The Morgan fingerprint density at radius 2 is 2.25 bits per heavy atom. The van der Waals surface area contributed by atoms with Crippen LogP contribution >= 0.6 is 23.2 Å². The van der Waals surface area contributed by atoms with E-state index in [0.717, 1.165) is 35.9 Å². The summed E-state index contributed by atoms with van der Waals surface area (Å²) in [7, 11) is 0. The second-order valence-corrected chi connectivity index (χ2v) is 6.48. The number of hydrogen-bond donors (Lipinski definition) is 0. The monoisotopic (exact) mass is 312 g/mol. The van der Waals surface area contributed by atoms with Crippen molar-refractivity contribution < 1.29 is 4.74 Å². The highest BCUT2D eigenvalue weighted by molar-refractivity contribution is 6.31. The highest BCUT2D eigenvalue weighted by Crippen LogP contribution is 2.29. The fraction of sp³-hybridized carbons (Fsp3) is 0.533. The number of hydrogen-bond acceptors (Lipinski definition) is 2. The Hall–Kier alpha value is -0.770. The van der Waals surface area contributed by atoms with Gasteiger partial charge in [0, 0.05) is 18.2 Å². The average Bonchev–Trinajstić information content (AvgIpc) is 3.15. The normalized spacial score (nSPS) is 16.8.